The van der Waals surface area contributed by atoms with Crippen LogP contribution in [0.1, 0.15) is 17.0 Å². The lowest BCUT2D eigenvalue weighted by Gasteiger charge is -2.33. The van der Waals surface area contributed by atoms with E-state index in [0.717, 1.165) is 35.5 Å². The first kappa shape index (κ1) is 21.3. The number of amides is 1. The third-order valence-electron chi connectivity index (χ3n) is 5.21. The molecule has 1 amide bonds. The Hall–Kier alpha value is -2.90. The molecule has 1 saturated heterocycles. The summed E-state index contributed by atoms with van der Waals surface area (Å²) in [5, 5.41) is 4.72. The van der Waals surface area contributed by atoms with Crippen LogP contribution in [0.25, 0.3) is 11.4 Å². The topological polar surface area (TPSA) is 71.7 Å². The van der Waals surface area contributed by atoms with Gasteiger partial charge in [-0.05, 0) is 61.4 Å². The molecule has 1 aromatic heterocycles. The van der Waals surface area contributed by atoms with Gasteiger partial charge in [0.25, 0.3) is 5.91 Å². The number of hydrogen-bond donors (Lipinski definition) is 0. The predicted molar refractivity (Wildman–Crippen MR) is 118 cm³/mol. The Morgan fingerprint density at radius 3 is 2.42 bits per heavy atom. The van der Waals surface area contributed by atoms with Crippen LogP contribution in [0.5, 0.6) is 5.75 Å². The van der Waals surface area contributed by atoms with Crippen molar-refractivity contribution in [2.45, 2.75) is 20.4 Å². The summed E-state index contributed by atoms with van der Waals surface area (Å²) < 4.78 is 11.1. The molecule has 0 aliphatic carbocycles. The first-order valence-electron chi connectivity index (χ1n) is 10.3. The molecule has 31 heavy (non-hydrogen) atoms. The number of carbonyl (C=O) groups excluding carboxylic acids is 1. The van der Waals surface area contributed by atoms with Crippen molar-refractivity contribution in [3.05, 3.63) is 64.5 Å². The van der Waals surface area contributed by atoms with Gasteiger partial charge in [-0.2, -0.15) is 4.98 Å². The van der Waals surface area contributed by atoms with Gasteiger partial charge in [-0.25, -0.2) is 0 Å². The number of aromatic nitrogens is 2. The molecule has 0 unspecified atom stereocenters. The van der Waals surface area contributed by atoms with Gasteiger partial charge in [0.2, 0.25) is 11.7 Å². The molecule has 7 nitrogen and oxygen atoms in total. The smallest absolute Gasteiger partial charge is 0.260 e. The van der Waals surface area contributed by atoms with Crippen LogP contribution in [0.4, 0.5) is 0 Å². The summed E-state index contributed by atoms with van der Waals surface area (Å²) >= 11 is 5.92. The zero-order valence-corrected chi connectivity index (χ0v) is 18.4. The average molecular weight is 441 g/mol. The molecular weight excluding hydrogens is 416 g/mol. The number of rotatable bonds is 6. The van der Waals surface area contributed by atoms with E-state index in [4.69, 9.17) is 20.9 Å². The van der Waals surface area contributed by atoms with Crippen molar-refractivity contribution in [3.63, 3.8) is 0 Å². The summed E-state index contributed by atoms with van der Waals surface area (Å²) in [4.78, 5) is 21.0. The first-order valence-corrected chi connectivity index (χ1v) is 10.6. The number of piperazine rings is 1. The van der Waals surface area contributed by atoms with Crippen LogP contribution in [-0.2, 0) is 11.3 Å². The second-order valence-corrected chi connectivity index (χ2v) is 8.22. The van der Waals surface area contributed by atoms with E-state index in [9.17, 15) is 4.79 Å². The fourth-order valence-corrected chi connectivity index (χ4v) is 3.76. The number of carbonyl (C=O) groups is 1. The molecule has 3 aromatic rings. The van der Waals surface area contributed by atoms with Crippen LogP contribution in [0, 0.1) is 13.8 Å². The molecule has 2 heterocycles. The largest absolute Gasteiger partial charge is 0.484 e. The van der Waals surface area contributed by atoms with Crippen molar-refractivity contribution in [1.29, 1.82) is 0 Å². The van der Waals surface area contributed by atoms with Crippen LogP contribution in [-0.4, -0.2) is 58.6 Å². The Kier molecular flexibility index (Phi) is 6.53. The quantitative estimate of drug-likeness (QED) is 0.581. The third-order valence-corrected chi connectivity index (χ3v) is 5.46. The molecule has 1 aliphatic heterocycles. The Morgan fingerprint density at radius 1 is 1.06 bits per heavy atom. The van der Waals surface area contributed by atoms with Gasteiger partial charge in [0, 0.05) is 36.8 Å². The maximum atomic E-state index is 12.5. The molecule has 0 atom stereocenters. The number of aryl methyl sites for hydroxylation is 2. The van der Waals surface area contributed by atoms with E-state index in [1.807, 2.05) is 43.0 Å². The molecule has 0 saturated carbocycles. The van der Waals surface area contributed by atoms with Crippen molar-refractivity contribution in [3.8, 4) is 17.1 Å². The minimum Gasteiger partial charge on any atom is -0.484 e. The van der Waals surface area contributed by atoms with Crippen molar-refractivity contribution in [2.75, 3.05) is 32.8 Å². The number of ether oxygens (including phenoxy) is 1. The van der Waals surface area contributed by atoms with E-state index in [1.54, 1.807) is 12.1 Å². The summed E-state index contributed by atoms with van der Waals surface area (Å²) in [5.74, 6) is 1.84. The molecule has 8 heteroatoms. The first-order chi connectivity index (χ1) is 15.0. The zero-order chi connectivity index (χ0) is 21.8. The van der Waals surface area contributed by atoms with Crippen molar-refractivity contribution >= 4 is 17.5 Å². The van der Waals surface area contributed by atoms with Crippen LogP contribution < -0.4 is 4.74 Å². The maximum absolute atomic E-state index is 12.5. The van der Waals surface area contributed by atoms with Gasteiger partial charge < -0.3 is 14.2 Å². The average Bonchev–Trinajstić information content (AvgIpc) is 3.21. The van der Waals surface area contributed by atoms with E-state index < -0.39 is 0 Å². The highest BCUT2D eigenvalue weighted by molar-refractivity contribution is 6.30. The van der Waals surface area contributed by atoms with Gasteiger partial charge in [0.05, 0.1) is 6.54 Å². The van der Waals surface area contributed by atoms with Crippen LogP contribution >= 0.6 is 11.6 Å². The molecule has 0 N–H and O–H groups in total. The van der Waals surface area contributed by atoms with E-state index in [1.165, 1.54) is 0 Å². The molecule has 1 aliphatic rings. The fraction of sp³-hybridized carbons (Fsp3) is 0.348. The number of halogens is 1. The van der Waals surface area contributed by atoms with Gasteiger partial charge >= 0.3 is 0 Å². The molecule has 2 aromatic carbocycles. The number of nitrogens with zero attached hydrogens (tertiary/aromatic N) is 4. The minimum absolute atomic E-state index is 0.00150. The highest BCUT2D eigenvalue weighted by Gasteiger charge is 2.23. The van der Waals surface area contributed by atoms with Crippen LogP contribution in [0.3, 0.4) is 0 Å². The van der Waals surface area contributed by atoms with Crippen LogP contribution in [0.2, 0.25) is 5.02 Å². The van der Waals surface area contributed by atoms with Gasteiger partial charge in [-0.3, -0.25) is 9.69 Å². The van der Waals surface area contributed by atoms with Crippen LogP contribution in [0.15, 0.2) is 47.0 Å². The molecule has 0 bridgehead atoms. The molecular formula is C23H25ClN4O3. The lowest BCUT2D eigenvalue weighted by molar-refractivity contribution is -0.135. The number of hydrogen-bond acceptors (Lipinski definition) is 6. The Balaban J connectivity index is 1.25. The Morgan fingerprint density at radius 2 is 1.74 bits per heavy atom. The van der Waals surface area contributed by atoms with E-state index >= 15 is 0 Å². The van der Waals surface area contributed by atoms with Crippen molar-refractivity contribution in [1.82, 2.24) is 19.9 Å². The van der Waals surface area contributed by atoms with Gasteiger partial charge in [0.15, 0.2) is 6.61 Å². The second-order valence-electron chi connectivity index (χ2n) is 7.79. The predicted octanol–water partition coefficient (Wildman–Crippen LogP) is 3.73. The summed E-state index contributed by atoms with van der Waals surface area (Å²) in [6.45, 7) is 7.42. The van der Waals surface area contributed by atoms with Gasteiger partial charge in [0.1, 0.15) is 5.75 Å². The highest BCUT2D eigenvalue weighted by atomic mass is 35.5. The van der Waals surface area contributed by atoms with E-state index in [0.29, 0.717) is 36.4 Å². The molecule has 162 valence electrons. The maximum Gasteiger partial charge on any atom is 0.260 e. The molecule has 0 spiro atoms. The monoisotopic (exact) mass is 440 g/mol. The Bertz CT molecular complexity index is 1020. The van der Waals surface area contributed by atoms with Crippen molar-refractivity contribution < 1.29 is 14.1 Å². The summed E-state index contributed by atoms with van der Waals surface area (Å²) in [6, 6.07) is 13.3. The number of benzene rings is 2. The fourth-order valence-electron chi connectivity index (χ4n) is 3.63. The summed E-state index contributed by atoms with van der Waals surface area (Å²) in [7, 11) is 0. The third kappa shape index (κ3) is 5.62. The van der Waals surface area contributed by atoms with Crippen molar-refractivity contribution in [2.24, 2.45) is 0 Å². The summed E-state index contributed by atoms with van der Waals surface area (Å²) in [6.07, 6.45) is 0. The second kappa shape index (κ2) is 9.49. The zero-order valence-electron chi connectivity index (χ0n) is 17.7. The van der Waals surface area contributed by atoms with Gasteiger partial charge in [-0.15, -0.1) is 0 Å². The summed E-state index contributed by atoms with van der Waals surface area (Å²) in [5.41, 5.74) is 3.10. The molecule has 4 rings (SSSR count). The Labute approximate surface area is 186 Å². The lowest BCUT2D eigenvalue weighted by Crippen LogP contribution is -2.49. The molecule has 1 fully saturated rings. The minimum atomic E-state index is 0.00150. The standard InChI is InChI=1S/C23H25ClN4O3/c1-16-11-17(2)13-20(12-16)30-15-22(29)28-9-7-27(8-10-28)14-21-25-23(26-31-21)18-3-5-19(24)6-4-18/h3-6,11-13H,7-10,14-15H2,1-2H3. The normalized spacial score (nSPS) is 14.6. The molecule has 0 radical (unpaired) electrons. The lowest BCUT2D eigenvalue weighted by atomic mass is 10.1. The van der Waals surface area contributed by atoms with E-state index in [-0.39, 0.29) is 12.5 Å². The van der Waals surface area contributed by atoms with Gasteiger partial charge in [-0.1, -0.05) is 22.8 Å². The van der Waals surface area contributed by atoms with E-state index in [2.05, 4.69) is 21.1 Å². The highest BCUT2D eigenvalue weighted by Crippen LogP contribution is 2.20. The SMILES string of the molecule is Cc1cc(C)cc(OCC(=O)N2CCN(Cc3nc(-c4ccc(Cl)cc4)no3)CC2)c1.